The number of carbonyl (C=O) groups is 3. The summed E-state index contributed by atoms with van der Waals surface area (Å²) in [5, 5.41) is 3.51. The predicted octanol–water partition coefficient (Wildman–Crippen LogP) is 4.76. The molecule has 186 valence electrons. The summed E-state index contributed by atoms with van der Waals surface area (Å²) in [6.07, 6.45) is 6.52. The molecule has 1 unspecified atom stereocenters. The van der Waals surface area contributed by atoms with E-state index >= 15 is 0 Å². The highest BCUT2D eigenvalue weighted by Crippen LogP contribution is 2.38. The second-order valence-electron chi connectivity index (χ2n) is 9.17. The minimum atomic E-state index is -0.0904. The normalized spacial score (nSPS) is 18.2. The van der Waals surface area contributed by atoms with Crippen molar-refractivity contribution in [1.29, 1.82) is 0 Å². The zero-order valence-corrected chi connectivity index (χ0v) is 22.1. The molecule has 1 N–H and O–H groups in total. The molecule has 7 nitrogen and oxygen atoms in total. The van der Waals surface area contributed by atoms with E-state index in [0.29, 0.717) is 30.3 Å². The van der Waals surface area contributed by atoms with E-state index in [1.54, 1.807) is 22.9 Å². The molecule has 2 heterocycles. The first-order valence-corrected chi connectivity index (χ1v) is 13.7. The number of anilines is 1. The first kappa shape index (κ1) is 25.4. The fraction of sp³-hybridized carbons (Fsp3) is 0.462. The van der Waals surface area contributed by atoms with Crippen LogP contribution in [0.2, 0.25) is 0 Å². The summed E-state index contributed by atoms with van der Waals surface area (Å²) in [6.45, 7) is 11.4. The van der Waals surface area contributed by atoms with Crippen molar-refractivity contribution < 1.29 is 14.4 Å². The minimum absolute atomic E-state index is 0.00476. The third-order valence-electron chi connectivity index (χ3n) is 6.47. The maximum atomic E-state index is 13.7. The van der Waals surface area contributed by atoms with Crippen LogP contribution in [0.4, 0.5) is 5.13 Å². The summed E-state index contributed by atoms with van der Waals surface area (Å²) in [5.74, 6) is 0.0980. The summed E-state index contributed by atoms with van der Waals surface area (Å²) in [4.78, 5) is 46.9. The molecule has 1 atom stereocenters. The molecule has 1 aromatic carbocycles. The average molecular weight is 513 g/mol. The lowest BCUT2D eigenvalue weighted by Crippen LogP contribution is -2.43. The molecule has 35 heavy (non-hydrogen) atoms. The molecule has 0 spiro atoms. The van der Waals surface area contributed by atoms with Crippen molar-refractivity contribution >= 4 is 46.0 Å². The first-order chi connectivity index (χ1) is 16.8. The fourth-order valence-corrected chi connectivity index (χ4v) is 6.28. The Morgan fingerprint density at radius 3 is 2.74 bits per heavy atom. The van der Waals surface area contributed by atoms with Crippen molar-refractivity contribution in [3.8, 4) is 0 Å². The van der Waals surface area contributed by atoms with Gasteiger partial charge in [-0.25, -0.2) is 4.98 Å². The van der Waals surface area contributed by atoms with Crippen LogP contribution < -0.4 is 5.32 Å². The molecule has 1 aromatic heterocycles. The number of nitrogens with zero attached hydrogens (tertiary/aromatic N) is 3. The van der Waals surface area contributed by atoms with Crippen molar-refractivity contribution in [3.05, 3.63) is 47.7 Å². The lowest BCUT2D eigenvalue weighted by atomic mass is 10.0. The zero-order valence-electron chi connectivity index (χ0n) is 20.5. The van der Waals surface area contributed by atoms with Crippen molar-refractivity contribution in [2.75, 3.05) is 25.0 Å². The third-order valence-corrected chi connectivity index (χ3v) is 8.65. The standard InChI is InChI=1S/C26H32N4O3S2/c1-5-18-12-16(3)21(34-23-14-27-26(35-23)28-24(32)19-8-9-19)13-20(18)25(33)29-10-7-11-30(17(4)15-29)22(31)6-2/h6,12-14,17,19H,2,5,7-11,15H2,1,3-4H3,(H,27,28,32). The van der Waals surface area contributed by atoms with E-state index in [9.17, 15) is 14.4 Å². The van der Waals surface area contributed by atoms with Crippen LogP contribution in [0.5, 0.6) is 0 Å². The quantitative estimate of drug-likeness (QED) is 0.541. The van der Waals surface area contributed by atoms with E-state index in [2.05, 4.69) is 36.8 Å². The van der Waals surface area contributed by atoms with Crippen molar-refractivity contribution in [3.63, 3.8) is 0 Å². The van der Waals surface area contributed by atoms with Crippen molar-refractivity contribution in [1.82, 2.24) is 14.8 Å². The number of carbonyl (C=O) groups excluding carboxylic acids is 3. The smallest absolute Gasteiger partial charge is 0.254 e. The summed E-state index contributed by atoms with van der Waals surface area (Å²) in [6, 6.07) is 4.02. The lowest BCUT2D eigenvalue weighted by Gasteiger charge is -2.28. The summed E-state index contributed by atoms with van der Waals surface area (Å²) < 4.78 is 0.962. The summed E-state index contributed by atoms with van der Waals surface area (Å²) in [5.41, 5.74) is 2.84. The number of hydrogen-bond acceptors (Lipinski definition) is 6. The molecule has 9 heteroatoms. The van der Waals surface area contributed by atoms with E-state index < -0.39 is 0 Å². The number of aromatic nitrogens is 1. The maximum Gasteiger partial charge on any atom is 0.254 e. The van der Waals surface area contributed by atoms with Gasteiger partial charge in [0.05, 0.1) is 10.4 Å². The third kappa shape index (κ3) is 5.95. The molecule has 2 fully saturated rings. The van der Waals surface area contributed by atoms with Crippen LogP contribution in [-0.2, 0) is 16.0 Å². The molecule has 0 bridgehead atoms. The van der Waals surface area contributed by atoms with Gasteiger partial charge in [-0.2, -0.15) is 0 Å². The molecule has 0 radical (unpaired) electrons. The molecule has 1 aliphatic carbocycles. The highest BCUT2D eigenvalue weighted by molar-refractivity contribution is 8.01. The molecule has 1 aliphatic heterocycles. The number of hydrogen-bond donors (Lipinski definition) is 1. The van der Waals surface area contributed by atoms with Crippen LogP contribution in [0.25, 0.3) is 0 Å². The highest BCUT2D eigenvalue weighted by atomic mass is 32.2. The average Bonchev–Trinajstić information content (AvgIpc) is 3.64. The number of benzene rings is 1. The van der Waals surface area contributed by atoms with Crippen LogP contribution in [0.15, 0.2) is 40.1 Å². The van der Waals surface area contributed by atoms with Gasteiger partial charge in [-0.1, -0.05) is 42.7 Å². The van der Waals surface area contributed by atoms with Crippen molar-refractivity contribution in [2.24, 2.45) is 5.92 Å². The number of nitrogens with one attached hydrogen (secondary N) is 1. The Bertz CT molecular complexity index is 1140. The van der Waals surface area contributed by atoms with E-state index in [4.69, 9.17) is 0 Å². The van der Waals surface area contributed by atoms with Gasteiger partial charge in [-0.15, -0.1) is 0 Å². The number of amides is 3. The van der Waals surface area contributed by atoms with Crippen LogP contribution in [0.3, 0.4) is 0 Å². The van der Waals surface area contributed by atoms with Crippen LogP contribution in [0.1, 0.15) is 54.6 Å². The van der Waals surface area contributed by atoms with Gasteiger partial charge < -0.3 is 15.1 Å². The van der Waals surface area contributed by atoms with Gasteiger partial charge in [0.2, 0.25) is 11.8 Å². The van der Waals surface area contributed by atoms with E-state index in [0.717, 1.165) is 45.9 Å². The molecule has 2 aliphatic rings. The SMILES string of the molecule is C=CC(=O)N1CCCN(C(=O)c2cc(Sc3cnc(NC(=O)C4CC4)s3)c(C)cc2CC)CC1C. The number of thiazole rings is 1. The summed E-state index contributed by atoms with van der Waals surface area (Å²) in [7, 11) is 0. The number of rotatable bonds is 7. The Morgan fingerprint density at radius 2 is 2.06 bits per heavy atom. The molecule has 4 rings (SSSR count). The monoisotopic (exact) mass is 512 g/mol. The van der Waals surface area contributed by atoms with Crippen LogP contribution in [0, 0.1) is 12.8 Å². The lowest BCUT2D eigenvalue weighted by molar-refractivity contribution is -0.127. The Balaban J connectivity index is 1.52. The van der Waals surface area contributed by atoms with Gasteiger partial charge in [0.15, 0.2) is 5.13 Å². The Kier molecular flexibility index (Phi) is 7.96. The maximum absolute atomic E-state index is 13.7. The zero-order chi connectivity index (χ0) is 25.1. The second kappa shape index (κ2) is 11.0. The van der Waals surface area contributed by atoms with Gasteiger partial charge in [0.25, 0.3) is 5.91 Å². The van der Waals surface area contributed by atoms with Crippen LogP contribution in [-0.4, -0.2) is 58.2 Å². The Morgan fingerprint density at radius 1 is 1.29 bits per heavy atom. The first-order valence-electron chi connectivity index (χ1n) is 12.1. The van der Waals surface area contributed by atoms with E-state index in [-0.39, 0.29) is 29.7 Å². The van der Waals surface area contributed by atoms with Gasteiger partial charge in [0.1, 0.15) is 0 Å². The van der Waals surface area contributed by atoms with Gasteiger partial charge in [0, 0.05) is 42.1 Å². The molecular weight excluding hydrogens is 480 g/mol. The fourth-order valence-electron chi connectivity index (χ4n) is 4.34. The Hall–Kier alpha value is -2.65. The highest BCUT2D eigenvalue weighted by Gasteiger charge is 2.30. The predicted molar refractivity (Wildman–Crippen MR) is 140 cm³/mol. The number of aryl methyl sites for hydroxylation is 2. The largest absolute Gasteiger partial charge is 0.337 e. The molecule has 1 saturated heterocycles. The molecule has 1 saturated carbocycles. The van der Waals surface area contributed by atoms with Crippen molar-refractivity contribution in [2.45, 2.75) is 61.6 Å². The van der Waals surface area contributed by atoms with Gasteiger partial charge >= 0.3 is 0 Å². The van der Waals surface area contributed by atoms with Gasteiger partial charge in [-0.05, 0) is 62.8 Å². The van der Waals surface area contributed by atoms with E-state index in [1.807, 2.05) is 17.9 Å². The van der Waals surface area contributed by atoms with E-state index in [1.165, 1.54) is 17.4 Å². The minimum Gasteiger partial charge on any atom is -0.337 e. The Labute approximate surface area is 215 Å². The molecule has 2 aromatic rings. The second-order valence-corrected chi connectivity index (χ2v) is 11.5. The molecular formula is C26H32N4O3S2. The van der Waals surface area contributed by atoms with Crippen LogP contribution >= 0.6 is 23.1 Å². The topological polar surface area (TPSA) is 82.6 Å². The van der Waals surface area contributed by atoms with Gasteiger partial charge in [-0.3, -0.25) is 14.4 Å². The molecule has 3 amide bonds. The summed E-state index contributed by atoms with van der Waals surface area (Å²) >= 11 is 3.01.